The molecule has 1 N–H and O–H groups in total. The number of hydrogen-bond donors (Lipinski definition) is 1. The fourth-order valence-electron chi connectivity index (χ4n) is 6.18. The molecule has 0 radical (unpaired) electrons. The highest BCUT2D eigenvalue weighted by atomic mass is 16.5. The fraction of sp³-hybridized carbons (Fsp3) is 0.944. The van der Waals surface area contributed by atoms with Gasteiger partial charge in [0, 0.05) is 26.7 Å². The van der Waals surface area contributed by atoms with Gasteiger partial charge in [0.25, 0.3) is 0 Å². The summed E-state index contributed by atoms with van der Waals surface area (Å²) in [4.78, 5) is 14.6. The topological polar surface area (TPSA) is 41.6 Å². The SMILES string of the molecule is CN(CC12CC3CC(CC(C3)C1)C2)C(=O)CC1CNCCO1. The molecule has 5 aliphatic rings. The van der Waals surface area contributed by atoms with Crippen LogP contribution in [0.3, 0.4) is 0 Å². The van der Waals surface area contributed by atoms with Crippen LogP contribution in [0.25, 0.3) is 0 Å². The molecule has 22 heavy (non-hydrogen) atoms. The molecule has 0 spiro atoms. The number of carbonyl (C=O) groups is 1. The van der Waals surface area contributed by atoms with Gasteiger partial charge in [0.1, 0.15) is 0 Å². The van der Waals surface area contributed by atoms with E-state index in [4.69, 9.17) is 4.74 Å². The Morgan fingerprint density at radius 2 is 1.82 bits per heavy atom. The largest absolute Gasteiger partial charge is 0.375 e. The number of rotatable bonds is 4. The summed E-state index contributed by atoms with van der Waals surface area (Å²) >= 11 is 0. The van der Waals surface area contributed by atoms with Gasteiger partial charge in [-0.2, -0.15) is 0 Å². The minimum absolute atomic E-state index is 0.0695. The minimum Gasteiger partial charge on any atom is -0.375 e. The van der Waals surface area contributed by atoms with Gasteiger partial charge < -0.3 is 15.0 Å². The molecule has 0 aromatic heterocycles. The molecule has 5 fully saturated rings. The summed E-state index contributed by atoms with van der Waals surface area (Å²) < 4.78 is 5.68. The van der Waals surface area contributed by atoms with E-state index < -0.39 is 0 Å². The number of nitrogens with one attached hydrogen (secondary N) is 1. The highest BCUT2D eigenvalue weighted by molar-refractivity contribution is 5.76. The number of ether oxygens (including phenoxy) is 1. The van der Waals surface area contributed by atoms with Crippen molar-refractivity contribution >= 4 is 5.91 Å². The zero-order chi connectivity index (χ0) is 15.2. The number of carbonyl (C=O) groups excluding carboxylic acids is 1. The zero-order valence-electron chi connectivity index (χ0n) is 13.9. The third-order valence-electron chi connectivity index (χ3n) is 6.57. The quantitative estimate of drug-likeness (QED) is 0.864. The average Bonchev–Trinajstić information content (AvgIpc) is 2.46. The third kappa shape index (κ3) is 2.92. The van der Waals surface area contributed by atoms with E-state index in [1.807, 2.05) is 11.9 Å². The van der Waals surface area contributed by atoms with Crippen molar-refractivity contribution in [3.63, 3.8) is 0 Å². The van der Waals surface area contributed by atoms with Gasteiger partial charge in [-0.15, -0.1) is 0 Å². The third-order valence-corrected chi connectivity index (χ3v) is 6.57. The van der Waals surface area contributed by atoms with Crippen LogP contribution in [0.2, 0.25) is 0 Å². The van der Waals surface area contributed by atoms with Gasteiger partial charge in [-0.05, 0) is 61.7 Å². The standard InChI is InChI=1S/C18H30N2O2/c1-20(17(21)7-16-11-19-2-3-22-16)12-18-8-13-4-14(9-18)6-15(5-13)10-18/h13-16,19H,2-12H2,1H3. The lowest BCUT2D eigenvalue weighted by Gasteiger charge is -2.57. The summed E-state index contributed by atoms with van der Waals surface area (Å²) in [5, 5.41) is 3.31. The Morgan fingerprint density at radius 3 is 2.36 bits per heavy atom. The molecule has 4 bridgehead atoms. The van der Waals surface area contributed by atoms with Crippen LogP contribution in [-0.2, 0) is 9.53 Å². The highest BCUT2D eigenvalue weighted by Crippen LogP contribution is 2.60. The molecule has 1 heterocycles. The lowest BCUT2D eigenvalue weighted by Crippen LogP contribution is -2.52. The molecule has 1 aliphatic heterocycles. The first-order valence-corrected chi connectivity index (χ1v) is 9.18. The molecule has 0 aromatic carbocycles. The van der Waals surface area contributed by atoms with Crippen LogP contribution in [0.4, 0.5) is 0 Å². The van der Waals surface area contributed by atoms with E-state index in [1.165, 1.54) is 38.5 Å². The van der Waals surface area contributed by atoms with Crippen molar-refractivity contribution in [1.82, 2.24) is 10.2 Å². The van der Waals surface area contributed by atoms with E-state index in [0.717, 1.165) is 44.0 Å². The van der Waals surface area contributed by atoms with Crippen molar-refractivity contribution in [2.75, 3.05) is 33.3 Å². The maximum absolute atomic E-state index is 12.6. The molecule has 0 aromatic rings. The average molecular weight is 306 g/mol. The number of hydrogen-bond acceptors (Lipinski definition) is 3. The molecule has 1 saturated heterocycles. The maximum Gasteiger partial charge on any atom is 0.224 e. The normalized spacial score (nSPS) is 43.3. The van der Waals surface area contributed by atoms with Crippen molar-refractivity contribution in [1.29, 1.82) is 0 Å². The van der Waals surface area contributed by atoms with E-state index in [0.29, 0.717) is 11.8 Å². The Balaban J connectivity index is 1.35. The van der Waals surface area contributed by atoms with E-state index >= 15 is 0 Å². The van der Waals surface area contributed by atoms with Crippen molar-refractivity contribution < 1.29 is 9.53 Å². The second kappa shape index (κ2) is 5.79. The first-order valence-electron chi connectivity index (χ1n) is 9.18. The smallest absolute Gasteiger partial charge is 0.224 e. The Morgan fingerprint density at radius 1 is 1.18 bits per heavy atom. The van der Waals surface area contributed by atoms with Crippen LogP contribution in [0.15, 0.2) is 0 Å². The predicted molar refractivity (Wildman–Crippen MR) is 85.5 cm³/mol. The monoisotopic (exact) mass is 306 g/mol. The molecule has 4 aliphatic carbocycles. The van der Waals surface area contributed by atoms with E-state index in [9.17, 15) is 4.79 Å². The molecule has 1 unspecified atom stereocenters. The molecule has 124 valence electrons. The summed E-state index contributed by atoms with van der Waals surface area (Å²) in [7, 11) is 2.01. The highest BCUT2D eigenvalue weighted by Gasteiger charge is 2.51. The second-order valence-electron chi connectivity index (χ2n) is 8.57. The van der Waals surface area contributed by atoms with Gasteiger partial charge in [-0.1, -0.05) is 0 Å². The molecular weight excluding hydrogens is 276 g/mol. The lowest BCUT2D eigenvalue weighted by atomic mass is 9.49. The van der Waals surface area contributed by atoms with Crippen molar-refractivity contribution in [3.05, 3.63) is 0 Å². The van der Waals surface area contributed by atoms with Gasteiger partial charge in [-0.25, -0.2) is 0 Å². The van der Waals surface area contributed by atoms with Crippen LogP contribution < -0.4 is 5.32 Å². The van der Waals surface area contributed by atoms with Crippen LogP contribution >= 0.6 is 0 Å². The van der Waals surface area contributed by atoms with E-state index in [-0.39, 0.29) is 12.0 Å². The molecule has 1 amide bonds. The molecule has 1 atom stereocenters. The molecule has 4 nitrogen and oxygen atoms in total. The Labute approximate surface area is 134 Å². The lowest BCUT2D eigenvalue weighted by molar-refractivity contribution is -0.138. The second-order valence-corrected chi connectivity index (χ2v) is 8.57. The number of morpholine rings is 1. The van der Waals surface area contributed by atoms with Gasteiger partial charge in [0.15, 0.2) is 0 Å². The van der Waals surface area contributed by atoms with Crippen molar-refractivity contribution in [2.45, 2.75) is 51.0 Å². The number of amides is 1. The Kier molecular flexibility index (Phi) is 3.93. The summed E-state index contributed by atoms with van der Waals surface area (Å²) in [5.41, 5.74) is 0.449. The Hall–Kier alpha value is -0.610. The van der Waals surface area contributed by atoms with Gasteiger partial charge in [-0.3, -0.25) is 4.79 Å². The maximum atomic E-state index is 12.6. The molecule has 4 saturated carbocycles. The zero-order valence-corrected chi connectivity index (χ0v) is 13.9. The van der Waals surface area contributed by atoms with Gasteiger partial charge >= 0.3 is 0 Å². The van der Waals surface area contributed by atoms with Crippen molar-refractivity contribution in [2.24, 2.45) is 23.2 Å². The first kappa shape index (κ1) is 14.9. The first-order chi connectivity index (χ1) is 10.6. The van der Waals surface area contributed by atoms with Gasteiger partial charge in [0.2, 0.25) is 5.91 Å². The van der Waals surface area contributed by atoms with E-state index in [1.54, 1.807) is 0 Å². The summed E-state index contributed by atoms with van der Waals surface area (Å²) in [6.45, 7) is 3.44. The molecular formula is C18H30N2O2. The number of nitrogens with zero attached hydrogens (tertiary/aromatic N) is 1. The fourth-order valence-corrected chi connectivity index (χ4v) is 6.18. The minimum atomic E-state index is 0.0695. The van der Waals surface area contributed by atoms with Crippen LogP contribution in [0.1, 0.15) is 44.9 Å². The Bertz CT molecular complexity index is 396. The van der Waals surface area contributed by atoms with Crippen LogP contribution in [0, 0.1) is 23.2 Å². The van der Waals surface area contributed by atoms with Crippen LogP contribution in [-0.4, -0.2) is 50.2 Å². The summed E-state index contributed by atoms with van der Waals surface area (Å²) in [6, 6.07) is 0. The summed E-state index contributed by atoms with van der Waals surface area (Å²) in [5.74, 6) is 3.14. The predicted octanol–water partition coefficient (Wildman–Crippen LogP) is 2.04. The van der Waals surface area contributed by atoms with E-state index in [2.05, 4.69) is 5.32 Å². The molecule has 5 rings (SSSR count). The summed E-state index contributed by atoms with van der Waals surface area (Å²) in [6.07, 6.45) is 9.14. The van der Waals surface area contributed by atoms with Crippen LogP contribution in [0.5, 0.6) is 0 Å². The van der Waals surface area contributed by atoms with Gasteiger partial charge in [0.05, 0.1) is 19.1 Å². The molecule has 4 heteroatoms. The van der Waals surface area contributed by atoms with Crippen molar-refractivity contribution in [3.8, 4) is 0 Å².